The molecule has 1 aromatic heterocycles. The van der Waals surface area contributed by atoms with Gasteiger partial charge in [0.15, 0.2) is 0 Å². The van der Waals surface area contributed by atoms with Crippen molar-refractivity contribution in [3.63, 3.8) is 0 Å². The second-order valence-corrected chi connectivity index (χ2v) is 5.73. The van der Waals surface area contributed by atoms with E-state index in [2.05, 4.69) is 34.9 Å². The van der Waals surface area contributed by atoms with E-state index in [9.17, 15) is 0 Å². The van der Waals surface area contributed by atoms with Crippen molar-refractivity contribution >= 4 is 15.9 Å². The van der Waals surface area contributed by atoms with Crippen LogP contribution in [0.2, 0.25) is 0 Å². The van der Waals surface area contributed by atoms with Crippen LogP contribution in [0.15, 0.2) is 16.9 Å². The SMILES string of the molecule is CC1(C)CC(Cn2cc(Br)cn2)C1. The van der Waals surface area contributed by atoms with E-state index in [1.54, 1.807) is 0 Å². The molecule has 72 valence electrons. The van der Waals surface area contributed by atoms with Crippen LogP contribution in [0.1, 0.15) is 26.7 Å². The third-order valence-electron chi connectivity index (χ3n) is 2.73. The van der Waals surface area contributed by atoms with Gasteiger partial charge in [0, 0.05) is 12.7 Å². The molecular formula is C10H15BrN2. The van der Waals surface area contributed by atoms with Crippen LogP contribution in [0.25, 0.3) is 0 Å². The summed E-state index contributed by atoms with van der Waals surface area (Å²) in [7, 11) is 0. The molecule has 1 heterocycles. The lowest BCUT2D eigenvalue weighted by molar-refractivity contribution is 0.0800. The van der Waals surface area contributed by atoms with E-state index in [0.717, 1.165) is 16.9 Å². The summed E-state index contributed by atoms with van der Waals surface area (Å²) in [4.78, 5) is 0. The Morgan fingerprint density at radius 3 is 2.77 bits per heavy atom. The Morgan fingerprint density at radius 2 is 2.31 bits per heavy atom. The number of nitrogens with zero attached hydrogens (tertiary/aromatic N) is 2. The highest BCUT2D eigenvalue weighted by molar-refractivity contribution is 9.10. The molecule has 1 saturated carbocycles. The number of halogens is 1. The predicted octanol–water partition coefficient (Wildman–Crippen LogP) is 3.08. The van der Waals surface area contributed by atoms with Crippen LogP contribution in [0, 0.1) is 11.3 Å². The molecule has 1 aliphatic rings. The standard InChI is InChI=1S/C10H15BrN2/c1-10(2)3-8(4-10)6-13-7-9(11)5-12-13/h5,7-8H,3-4,6H2,1-2H3. The lowest BCUT2D eigenvalue weighted by Crippen LogP contribution is -2.34. The fourth-order valence-electron chi connectivity index (χ4n) is 2.33. The summed E-state index contributed by atoms with van der Waals surface area (Å²) < 4.78 is 3.11. The van der Waals surface area contributed by atoms with Crippen molar-refractivity contribution in [2.45, 2.75) is 33.2 Å². The van der Waals surface area contributed by atoms with Crippen LogP contribution in [-0.4, -0.2) is 9.78 Å². The van der Waals surface area contributed by atoms with Gasteiger partial charge in [-0.05, 0) is 40.1 Å². The van der Waals surface area contributed by atoms with Crippen LogP contribution in [0.4, 0.5) is 0 Å². The number of rotatable bonds is 2. The van der Waals surface area contributed by atoms with Crippen molar-refractivity contribution in [1.82, 2.24) is 9.78 Å². The van der Waals surface area contributed by atoms with Crippen molar-refractivity contribution in [2.24, 2.45) is 11.3 Å². The molecule has 0 unspecified atom stereocenters. The van der Waals surface area contributed by atoms with Crippen LogP contribution in [0.5, 0.6) is 0 Å². The van der Waals surface area contributed by atoms with Gasteiger partial charge in [-0.25, -0.2) is 0 Å². The number of aromatic nitrogens is 2. The van der Waals surface area contributed by atoms with Crippen LogP contribution >= 0.6 is 15.9 Å². The first-order valence-electron chi connectivity index (χ1n) is 4.73. The van der Waals surface area contributed by atoms with Gasteiger partial charge < -0.3 is 0 Å². The van der Waals surface area contributed by atoms with E-state index in [0.29, 0.717) is 5.41 Å². The first kappa shape index (κ1) is 9.25. The highest BCUT2D eigenvalue weighted by Gasteiger charge is 2.35. The van der Waals surface area contributed by atoms with Crippen molar-refractivity contribution < 1.29 is 0 Å². The molecule has 0 bridgehead atoms. The Kier molecular flexibility index (Phi) is 2.22. The quantitative estimate of drug-likeness (QED) is 0.780. The zero-order valence-corrected chi connectivity index (χ0v) is 9.71. The van der Waals surface area contributed by atoms with Gasteiger partial charge in [-0.2, -0.15) is 5.10 Å². The van der Waals surface area contributed by atoms with Crippen molar-refractivity contribution in [1.29, 1.82) is 0 Å². The maximum absolute atomic E-state index is 4.26. The third-order valence-corrected chi connectivity index (χ3v) is 3.14. The van der Waals surface area contributed by atoms with E-state index >= 15 is 0 Å². The maximum Gasteiger partial charge on any atom is 0.0632 e. The normalized spacial score (nSPS) is 21.5. The molecule has 0 aliphatic heterocycles. The Balaban J connectivity index is 1.87. The highest BCUT2D eigenvalue weighted by atomic mass is 79.9. The van der Waals surface area contributed by atoms with Crippen molar-refractivity contribution in [2.75, 3.05) is 0 Å². The van der Waals surface area contributed by atoms with Gasteiger partial charge in [0.2, 0.25) is 0 Å². The van der Waals surface area contributed by atoms with Crippen LogP contribution in [-0.2, 0) is 6.54 Å². The van der Waals surface area contributed by atoms with Gasteiger partial charge in [-0.1, -0.05) is 13.8 Å². The molecule has 1 aromatic rings. The average Bonchev–Trinajstić information content (AvgIpc) is 2.31. The molecule has 0 saturated heterocycles. The molecule has 0 radical (unpaired) electrons. The molecule has 2 rings (SSSR count). The fraction of sp³-hybridized carbons (Fsp3) is 0.700. The second kappa shape index (κ2) is 3.12. The minimum absolute atomic E-state index is 0.578. The molecule has 2 nitrogen and oxygen atoms in total. The summed E-state index contributed by atoms with van der Waals surface area (Å²) in [5.74, 6) is 0.835. The lowest BCUT2D eigenvalue weighted by atomic mass is 9.64. The lowest BCUT2D eigenvalue weighted by Gasteiger charge is -2.42. The highest BCUT2D eigenvalue weighted by Crippen LogP contribution is 2.45. The molecule has 0 aromatic carbocycles. The van der Waals surface area contributed by atoms with Gasteiger partial charge in [0.1, 0.15) is 0 Å². The van der Waals surface area contributed by atoms with Gasteiger partial charge in [0.25, 0.3) is 0 Å². The third kappa shape index (κ3) is 2.13. The van der Waals surface area contributed by atoms with Crippen LogP contribution in [0.3, 0.4) is 0 Å². The summed E-state index contributed by atoms with van der Waals surface area (Å²) in [6, 6.07) is 0. The van der Waals surface area contributed by atoms with Gasteiger partial charge in [-0.3, -0.25) is 4.68 Å². The summed E-state index contributed by atoms with van der Waals surface area (Å²) in [5.41, 5.74) is 0.578. The Hall–Kier alpha value is -0.310. The van der Waals surface area contributed by atoms with E-state index in [-0.39, 0.29) is 0 Å². The van der Waals surface area contributed by atoms with E-state index < -0.39 is 0 Å². The number of hydrogen-bond acceptors (Lipinski definition) is 1. The molecule has 1 aliphatic carbocycles. The van der Waals surface area contributed by atoms with E-state index in [1.165, 1.54) is 12.8 Å². The largest absolute Gasteiger partial charge is 0.271 e. The van der Waals surface area contributed by atoms with E-state index in [1.807, 2.05) is 17.1 Å². The Labute approximate surface area is 87.5 Å². The molecule has 3 heteroatoms. The first-order chi connectivity index (χ1) is 6.05. The minimum atomic E-state index is 0.578. The smallest absolute Gasteiger partial charge is 0.0632 e. The molecule has 13 heavy (non-hydrogen) atoms. The van der Waals surface area contributed by atoms with Gasteiger partial charge in [-0.15, -0.1) is 0 Å². The maximum atomic E-state index is 4.26. The van der Waals surface area contributed by atoms with Crippen LogP contribution < -0.4 is 0 Å². The molecule has 0 N–H and O–H groups in total. The second-order valence-electron chi connectivity index (χ2n) is 4.82. The van der Waals surface area contributed by atoms with Gasteiger partial charge in [0.05, 0.1) is 10.7 Å². The molecular weight excluding hydrogens is 228 g/mol. The monoisotopic (exact) mass is 242 g/mol. The zero-order valence-electron chi connectivity index (χ0n) is 8.13. The number of hydrogen-bond donors (Lipinski definition) is 0. The molecule has 1 fully saturated rings. The molecule has 0 amide bonds. The topological polar surface area (TPSA) is 17.8 Å². The average molecular weight is 243 g/mol. The van der Waals surface area contributed by atoms with Crippen molar-refractivity contribution in [3.05, 3.63) is 16.9 Å². The fourth-order valence-corrected chi connectivity index (χ4v) is 2.66. The Morgan fingerprint density at radius 1 is 1.62 bits per heavy atom. The molecule has 0 atom stereocenters. The summed E-state index contributed by atoms with van der Waals surface area (Å²) in [5, 5.41) is 4.26. The minimum Gasteiger partial charge on any atom is -0.271 e. The first-order valence-corrected chi connectivity index (χ1v) is 5.52. The predicted molar refractivity (Wildman–Crippen MR) is 56.4 cm³/mol. The summed E-state index contributed by atoms with van der Waals surface area (Å²) in [6.45, 7) is 5.75. The summed E-state index contributed by atoms with van der Waals surface area (Å²) >= 11 is 3.40. The van der Waals surface area contributed by atoms with Gasteiger partial charge >= 0.3 is 0 Å². The Bertz CT molecular complexity index is 296. The zero-order chi connectivity index (χ0) is 9.47. The van der Waals surface area contributed by atoms with Crippen molar-refractivity contribution in [3.8, 4) is 0 Å². The summed E-state index contributed by atoms with van der Waals surface area (Å²) in [6.07, 6.45) is 6.57. The molecule has 0 spiro atoms. The van der Waals surface area contributed by atoms with E-state index in [4.69, 9.17) is 0 Å².